The van der Waals surface area contributed by atoms with E-state index in [-0.39, 0.29) is 11.7 Å². The third-order valence-corrected chi connectivity index (χ3v) is 3.99. The van der Waals surface area contributed by atoms with E-state index in [1.807, 2.05) is 0 Å². The zero-order valence-electron chi connectivity index (χ0n) is 14.0. The number of hydrogen-bond acceptors (Lipinski definition) is 6. The van der Waals surface area contributed by atoms with Gasteiger partial charge in [-0.25, -0.2) is 0 Å². The Morgan fingerprint density at radius 3 is 2.08 bits per heavy atom. The van der Waals surface area contributed by atoms with Crippen LogP contribution in [0.3, 0.4) is 0 Å². The first-order valence-corrected chi connectivity index (χ1v) is 9.23. The van der Waals surface area contributed by atoms with E-state index in [1.165, 1.54) is 24.3 Å². The molecule has 2 aromatic rings. The van der Waals surface area contributed by atoms with Gasteiger partial charge in [-0.3, -0.25) is 14.9 Å². The van der Waals surface area contributed by atoms with Gasteiger partial charge < -0.3 is 4.74 Å². The summed E-state index contributed by atoms with van der Waals surface area (Å²) in [6.45, 7) is 0. The number of alkyl halides is 1. The smallest absolute Gasteiger partial charge is 0.311 e. The Morgan fingerprint density at radius 1 is 0.962 bits per heavy atom. The van der Waals surface area contributed by atoms with Crippen molar-refractivity contribution in [2.45, 2.75) is 25.7 Å². The Kier molecular flexibility index (Phi) is 7.88. The predicted octanol–water partition coefficient (Wildman–Crippen LogP) is 5.87. The lowest BCUT2D eigenvalue weighted by Gasteiger charge is -2.04. The number of esters is 1. The number of rotatable bonds is 9. The number of azo groups is 1. The molecule has 0 bridgehead atoms. The van der Waals surface area contributed by atoms with Crippen molar-refractivity contribution in [2.75, 3.05) is 5.33 Å². The number of nitro benzene ring substituents is 1. The zero-order valence-corrected chi connectivity index (χ0v) is 15.6. The van der Waals surface area contributed by atoms with Crippen LogP contribution in [0.25, 0.3) is 0 Å². The minimum Gasteiger partial charge on any atom is -0.427 e. The van der Waals surface area contributed by atoms with E-state index in [0.717, 1.165) is 24.6 Å². The standard InChI is InChI=1S/C18H18BrN3O4/c19-13-3-1-2-4-18(23)26-17-11-7-15(8-12-17)21-20-14-5-9-16(10-6-14)22(24)25/h5-12H,1-4,13H2. The van der Waals surface area contributed by atoms with Gasteiger partial charge in [-0.1, -0.05) is 22.4 Å². The Balaban J connectivity index is 1.86. The summed E-state index contributed by atoms with van der Waals surface area (Å²) in [4.78, 5) is 21.9. The van der Waals surface area contributed by atoms with Gasteiger partial charge >= 0.3 is 5.97 Å². The summed E-state index contributed by atoms with van der Waals surface area (Å²) in [6.07, 6.45) is 3.24. The van der Waals surface area contributed by atoms with E-state index in [1.54, 1.807) is 24.3 Å². The fourth-order valence-electron chi connectivity index (χ4n) is 2.06. The van der Waals surface area contributed by atoms with Crippen LogP contribution in [0.15, 0.2) is 58.8 Å². The molecule has 0 aliphatic rings. The predicted molar refractivity (Wildman–Crippen MR) is 102 cm³/mol. The second-order valence-electron chi connectivity index (χ2n) is 5.44. The SMILES string of the molecule is O=C(CCCCCBr)Oc1ccc(N=Nc2ccc([N+](=O)[O-])cc2)cc1. The highest BCUT2D eigenvalue weighted by atomic mass is 79.9. The van der Waals surface area contributed by atoms with Crippen LogP contribution in [0, 0.1) is 10.1 Å². The summed E-state index contributed by atoms with van der Waals surface area (Å²) in [6, 6.07) is 12.5. The first-order chi connectivity index (χ1) is 12.6. The van der Waals surface area contributed by atoms with Gasteiger partial charge in [-0.2, -0.15) is 10.2 Å². The number of benzene rings is 2. The van der Waals surface area contributed by atoms with E-state index in [9.17, 15) is 14.9 Å². The second kappa shape index (κ2) is 10.4. The Bertz CT molecular complexity index is 761. The minimum absolute atomic E-state index is 0.00214. The Morgan fingerprint density at radius 2 is 1.54 bits per heavy atom. The van der Waals surface area contributed by atoms with Gasteiger partial charge in [0.25, 0.3) is 5.69 Å². The lowest BCUT2D eigenvalue weighted by molar-refractivity contribution is -0.384. The van der Waals surface area contributed by atoms with E-state index >= 15 is 0 Å². The summed E-state index contributed by atoms with van der Waals surface area (Å²) < 4.78 is 5.26. The average Bonchev–Trinajstić information content (AvgIpc) is 2.65. The molecule has 0 heterocycles. The number of nitro groups is 1. The molecule has 0 aromatic heterocycles. The Labute approximate surface area is 159 Å². The lowest BCUT2D eigenvalue weighted by atomic mass is 10.2. The molecule has 0 spiro atoms. The first-order valence-electron chi connectivity index (χ1n) is 8.11. The molecule has 0 aliphatic carbocycles. The van der Waals surface area contributed by atoms with Gasteiger partial charge in [-0.15, -0.1) is 0 Å². The maximum atomic E-state index is 11.7. The topological polar surface area (TPSA) is 94.2 Å². The summed E-state index contributed by atoms with van der Waals surface area (Å²) in [5.41, 5.74) is 1.09. The van der Waals surface area contributed by atoms with Crippen molar-refractivity contribution >= 4 is 39.0 Å². The summed E-state index contributed by atoms with van der Waals surface area (Å²) in [5.74, 6) is 0.213. The number of halogens is 1. The van der Waals surface area contributed by atoms with E-state index < -0.39 is 4.92 Å². The molecular weight excluding hydrogens is 402 g/mol. The number of carbonyl (C=O) groups is 1. The van der Waals surface area contributed by atoms with Crippen molar-refractivity contribution in [1.82, 2.24) is 0 Å². The molecule has 2 rings (SSSR count). The maximum absolute atomic E-state index is 11.7. The van der Waals surface area contributed by atoms with Crippen LogP contribution in [-0.2, 0) is 4.79 Å². The second-order valence-corrected chi connectivity index (χ2v) is 6.23. The van der Waals surface area contributed by atoms with Crippen molar-refractivity contribution in [1.29, 1.82) is 0 Å². The summed E-state index contributed by atoms with van der Waals surface area (Å²) >= 11 is 3.35. The number of ether oxygens (including phenoxy) is 1. The number of carbonyl (C=O) groups excluding carboxylic acids is 1. The molecule has 0 amide bonds. The third-order valence-electron chi connectivity index (χ3n) is 3.42. The van der Waals surface area contributed by atoms with Crippen LogP contribution in [0.2, 0.25) is 0 Å². The number of hydrogen-bond donors (Lipinski definition) is 0. The highest BCUT2D eigenvalue weighted by Crippen LogP contribution is 2.23. The monoisotopic (exact) mass is 419 g/mol. The van der Waals surface area contributed by atoms with E-state index in [4.69, 9.17) is 4.74 Å². The molecule has 2 aromatic carbocycles. The first kappa shape index (κ1) is 19.7. The summed E-state index contributed by atoms with van der Waals surface area (Å²) in [5, 5.41) is 19.6. The van der Waals surface area contributed by atoms with Crippen LogP contribution in [0.4, 0.5) is 17.1 Å². The molecule has 8 heteroatoms. The van der Waals surface area contributed by atoms with Crippen molar-refractivity contribution in [3.63, 3.8) is 0 Å². The lowest BCUT2D eigenvalue weighted by Crippen LogP contribution is -2.07. The number of nitrogens with zero attached hydrogens (tertiary/aromatic N) is 3. The fraction of sp³-hybridized carbons (Fsp3) is 0.278. The van der Waals surface area contributed by atoms with Crippen molar-refractivity contribution in [2.24, 2.45) is 10.2 Å². The molecule has 0 N–H and O–H groups in total. The normalized spacial score (nSPS) is 10.8. The largest absolute Gasteiger partial charge is 0.427 e. The number of non-ortho nitro benzene ring substituents is 1. The maximum Gasteiger partial charge on any atom is 0.311 e. The van der Waals surface area contributed by atoms with Crippen molar-refractivity contribution in [3.8, 4) is 5.75 Å². The molecule has 0 saturated carbocycles. The fourth-order valence-corrected chi connectivity index (χ4v) is 2.46. The highest BCUT2D eigenvalue weighted by molar-refractivity contribution is 9.09. The van der Waals surface area contributed by atoms with Crippen LogP contribution in [0.5, 0.6) is 5.75 Å². The minimum atomic E-state index is -0.470. The number of unbranched alkanes of at least 4 members (excludes halogenated alkanes) is 2. The Hall–Kier alpha value is -2.61. The highest BCUT2D eigenvalue weighted by Gasteiger charge is 2.05. The van der Waals surface area contributed by atoms with Crippen LogP contribution in [0.1, 0.15) is 25.7 Å². The van der Waals surface area contributed by atoms with E-state index in [2.05, 4.69) is 26.2 Å². The van der Waals surface area contributed by atoms with Gasteiger partial charge in [0.05, 0.1) is 16.3 Å². The van der Waals surface area contributed by atoms with E-state index in [0.29, 0.717) is 23.5 Å². The van der Waals surface area contributed by atoms with Crippen LogP contribution >= 0.6 is 15.9 Å². The van der Waals surface area contributed by atoms with Crippen molar-refractivity contribution < 1.29 is 14.5 Å². The molecule has 0 atom stereocenters. The zero-order chi connectivity index (χ0) is 18.8. The molecule has 7 nitrogen and oxygen atoms in total. The van der Waals surface area contributed by atoms with Gasteiger partial charge in [0, 0.05) is 23.9 Å². The molecule has 0 unspecified atom stereocenters. The average molecular weight is 420 g/mol. The summed E-state index contributed by atoms with van der Waals surface area (Å²) in [7, 11) is 0. The molecule has 0 saturated heterocycles. The van der Waals surface area contributed by atoms with Crippen molar-refractivity contribution in [3.05, 3.63) is 58.6 Å². The third kappa shape index (κ3) is 6.72. The molecule has 0 aliphatic heterocycles. The molecular formula is C18H18BrN3O4. The molecule has 136 valence electrons. The van der Waals surface area contributed by atoms with Gasteiger partial charge in [0.1, 0.15) is 5.75 Å². The van der Waals surface area contributed by atoms with Gasteiger partial charge in [0.15, 0.2) is 0 Å². The van der Waals surface area contributed by atoms with Crippen LogP contribution < -0.4 is 4.74 Å². The molecule has 0 radical (unpaired) electrons. The quantitative estimate of drug-likeness (QED) is 0.0964. The van der Waals surface area contributed by atoms with Crippen LogP contribution in [-0.4, -0.2) is 16.2 Å². The van der Waals surface area contributed by atoms with Gasteiger partial charge in [0.2, 0.25) is 0 Å². The molecule has 26 heavy (non-hydrogen) atoms. The van der Waals surface area contributed by atoms with Gasteiger partial charge in [-0.05, 0) is 49.2 Å². The molecule has 0 fully saturated rings.